The normalized spacial score (nSPS) is 33.5. The van der Waals surface area contributed by atoms with Crippen LogP contribution in [0.4, 0.5) is 4.39 Å². The summed E-state index contributed by atoms with van der Waals surface area (Å²) >= 11 is 0. The van der Waals surface area contributed by atoms with Crippen LogP contribution >= 0.6 is 0 Å². The Balaban J connectivity index is 1.88. The molecule has 3 heteroatoms. The Bertz CT molecular complexity index is 159. The zero-order valence-corrected chi connectivity index (χ0v) is 8.04. The van der Waals surface area contributed by atoms with E-state index in [4.69, 9.17) is 4.74 Å². The standard InChI is InChI=1S/C10H18FNO/c11-10-8-13-7-6-12(10)9-4-2-1-3-5-9/h9-10H,1-8H2. The third-order valence-corrected chi connectivity index (χ3v) is 3.15. The molecule has 2 rings (SSSR count). The van der Waals surface area contributed by atoms with E-state index in [1.54, 1.807) is 0 Å². The first-order chi connectivity index (χ1) is 6.38. The van der Waals surface area contributed by atoms with Crippen LogP contribution in [-0.4, -0.2) is 37.0 Å². The molecule has 1 aliphatic carbocycles. The van der Waals surface area contributed by atoms with Gasteiger partial charge < -0.3 is 4.74 Å². The molecular formula is C10H18FNO. The first kappa shape index (κ1) is 9.41. The molecule has 2 aliphatic rings. The fourth-order valence-corrected chi connectivity index (χ4v) is 2.41. The number of alkyl halides is 1. The molecule has 13 heavy (non-hydrogen) atoms. The lowest BCUT2D eigenvalue weighted by atomic mass is 9.94. The van der Waals surface area contributed by atoms with E-state index in [9.17, 15) is 4.39 Å². The van der Waals surface area contributed by atoms with Gasteiger partial charge in [0.15, 0.2) is 6.30 Å². The number of rotatable bonds is 1. The average molecular weight is 187 g/mol. The topological polar surface area (TPSA) is 12.5 Å². The van der Waals surface area contributed by atoms with E-state index in [0.717, 1.165) is 6.54 Å². The predicted octanol–water partition coefficient (Wildman–Crippen LogP) is 1.95. The van der Waals surface area contributed by atoms with E-state index in [1.165, 1.54) is 32.1 Å². The van der Waals surface area contributed by atoms with Crippen molar-refractivity contribution in [2.75, 3.05) is 19.8 Å². The second-order valence-corrected chi connectivity index (χ2v) is 4.04. The average Bonchev–Trinajstić information content (AvgIpc) is 2.20. The maximum Gasteiger partial charge on any atom is 0.177 e. The van der Waals surface area contributed by atoms with E-state index in [-0.39, 0.29) is 6.61 Å². The van der Waals surface area contributed by atoms with Crippen molar-refractivity contribution in [2.24, 2.45) is 0 Å². The van der Waals surface area contributed by atoms with E-state index in [0.29, 0.717) is 12.6 Å². The minimum absolute atomic E-state index is 0.274. The maximum atomic E-state index is 13.4. The highest BCUT2D eigenvalue weighted by Gasteiger charge is 2.29. The summed E-state index contributed by atoms with van der Waals surface area (Å²) in [5, 5.41) is 0. The second-order valence-electron chi connectivity index (χ2n) is 4.04. The molecule has 0 aromatic heterocycles. The summed E-state index contributed by atoms with van der Waals surface area (Å²) in [4.78, 5) is 2.00. The van der Waals surface area contributed by atoms with Gasteiger partial charge in [-0.1, -0.05) is 19.3 Å². The van der Waals surface area contributed by atoms with Crippen molar-refractivity contribution >= 4 is 0 Å². The van der Waals surface area contributed by atoms with Gasteiger partial charge in [-0.25, -0.2) is 4.39 Å². The molecule has 1 saturated carbocycles. The van der Waals surface area contributed by atoms with Gasteiger partial charge in [0.2, 0.25) is 0 Å². The van der Waals surface area contributed by atoms with E-state index in [1.807, 2.05) is 4.90 Å². The van der Waals surface area contributed by atoms with Gasteiger partial charge in [0.25, 0.3) is 0 Å². The van der Waals surface area contributed by atoms with E-state index < -0.39 is 6.30 Å². The monoisotopic (exact) mass is 187 g/mol. The van der Waals surface area contributed by atoms with Gasteiger partial charge in [-0.15, -0.1) is 0 Å². The quantitative estimate of drug-likeness (QED) is 0.582. The van der Waals surface area contributed by atoms with Gasteiger partial charge in [0, 0.05) is 12.6 Å². The number of morpholine rings is 1. The Kier molecular flexibility index (Phi) is 3.17. The van der Waals surface area contributed by atoms with E-state index in [2.05, 4.69) is 0 Å². The largest absolute Gasteiger partial charge is 0.376 e. The molecule has 2 nitrogen and oxygen atoms in total. The molecule has 0 aromatic carbocycles. The minimum Gasteiger partial charge on any atom is -0.376 e. The van der Waals surface area contributed by atoms with Crippen molar-refractivity contribution in [3.63, 3.8) is 0 Å². The molecule has 0 aromatic rings. The van der Waals surface area contributed by atoms with Crippen LogP contribution in [0.1, 0.15) is 32.1 Å². The molecule has 76 valence electrons. The summed E-state index contributed by atoms with van der Waals surface area (Å²) in [7, 11) is 0. The molecular weight excluding hydrogens is 169 g/mol. The minimum atomic E-state index is -0.850. The van der Waals surface area contributed by atoms with Gasteiger partial charge in [-0.2, -0.15) is 0 Å². The summed E-state index contributed by atoms with van der Waals surface area (Å²) in [6.45, 7) is 1.76. The third-order valence-electron chi connectivity index (χ3n) is 3.15. The van der Waals surface area contributed by atoms with Crippen LogP contribution in [0, 0.1) is 0 Å². The number of nitrogens with zero attached hydrogens (tertiary/aromatic N) is 1. The van der Waals surface area contributed by atoms with Crippen LogP contribution in [0.2, 0.25) is 0 Å². The third kappa shape index (κ3) is 2.20. The second kappa shape index (κ2) is 4.38. The van der Waals surface area contributed by atoms with Crippen LogP contribution in [0.25, 0.3) is 0 Å². The molecule has 1 unspecified atom stereocenters. The molecule has 2 fully saturated rings. The summed E-state index contributed by atoms with van der Waals surface area (Å²) in [5.74, 6) is 0. The number of hydrogen-bond acceptors (Lipinski definition) is 2. The fourth-order valence-electron chi connectivity index (χ4n) is 2.41. The van der Waals surface area contributed by atoms with Crippen LogP contribution in [0.15, 0.2) is 0 Å². The molecule has 1 aliphatic heterocycles. The predicted molar refractivity (Wildman–Crippen MR) is 49.3 cm³/mol. The van der Waals surface area contributed by atoms with E-state index >= 15 is 0 Å². The lowest BCUT2D eigenvalue weighted by molar-refractivity contribution is -0.0876. The fraction of sp³-hybridized carbons (Fsp3) is 1.00. The van der Waals surface area contributed by atoms with Gasteiger partial charge >= 0.3 is 0 Å². The van der Waals surface area contributed by atoms with Crippen molar-refractivity contribution in [1.82, 2.24) is 4.90 Å². The molecule has 1 atom stereocenters. The Morgan fingerprint density at radius 3 is 2.62 bits per heavy atom. The molecule has 0 spiro atoms. The first-order valence-corrected chi connectivity index (χ1v) is 5.35. The van der Waals surface area contributed by atoms with Crippen molar-refractivity contribution in [1.29, 1.82) is 0 Å². The summed E-state index contributed by atoms with van der Waals surface area (Å²) in [5.41, 5.74) is 0. The Morgan fingerprint density at radius 2 is 1.92 bits per heavy atom. The van der Waals surface area contributed by atoms with Crippen LogP contribution in [0.3, 0.4) is 0 Å². The molecule has 1 saturated heterocycles. The van der Waals surface area contributed by atoms with Crippen molar-refractivity contribution < 1.29 is 9.13 Å². The van der Waals surface area contributed by atoms with Gasteiger partial charge in [-0.3, -0.25) is 4.90 Å². The molecule has 0 amide bonds. The van der Waals surface area contributed by atoms with Gasteiger partial charge in [0.05, 0.1) is 13.2 Å². The Morgan fingerprint density at radius 1 is 1.15 bits per heavy atom. The molecule has 0 N–H and O–H groups in total. The van der Waals surface area contributed by atoms with Crippen molar-refractivity contribution in [2.45, 2.75) is 44.4 Å². The maximum absolute atomic E-state index is 13.4. The molecule has 0 radical (unpaired) electrons. The Hall–Kier alpha value is -0.150. The summed E-state index contributed by atoms with van der Waals surface area (Å²) in [6.07, 6.45) is 5.39. The zero-order valence-electron chi connectivity index (χ0n) is 8.04. The molecule has 0 bridgehead atoms. The highest BCUT2D eigenvalue weighted by molar-refractivity contribution is 4.79. The lowest BCUT2D eigenvalue weighted by Gasteiger charge is -2.38. The number of ether oxygens (including phenoxy) is 1. The van der Waals surface area contributed by atoms with Crippen molar-refractivity contribution in [3.05, 3.63) is 0 Å². The first-order valence-electron chi connectivity index (χ1n) is 5.35. The van der Waals surface area contributed by atoms with Crippen LogP contribution in [0.5, 0.6) is 0 Å². The lowest BCUT2D eigenvalue weighted by Crippen LogP contribution is -2.49. The molecule has 1 heterocycles. The highest BCUT2D eigenvalue weighted by atomic mass is 19.1. The Labute approximate surface area is 79.1 Å². The van der Waals surface area contributed by atoms with Crippen molar-refractivity contribution in [3.8, 4) is 0 Å². The zero-order chi connectivity index (χ0) is 9.10. The van der Waals surface area contributed by atoms with Gasteiger partial charge in [0.1, 0.15) is 0 Å². The van der Waals surface area contributed by atoms with Crippen LogP contribution < -0.4 is 0 Å². The smallest absolute Gasteiger partial charge is 0.177 e. The SMILES string of the molecule is FC1COCCN1C1CCCCC1. The highest BCUT2D eigenvalue weighted by Crippen LogP contribution is 2.25. The number of halogens is 1. The van der Waals surface area contributed by atoms with Gasteiger partial charge in [-0.05, 0) is 12.8 Å². The summed E-state index contributed by atoms with van der Waals surface area (Å²) in [6, 6.07) is 0.493. The summed E-state index contributed by atoms with van der Waals surface area (Å²) < 4.78 is 18.5. The van der Waals surface area contributed by atoms with Crippen LogP contribution in [-0.2, 0) is 4.74 Å². The number of hydrogen-bond donors (Lipinski definition) is 0.